The van der Waals surface area contributed by atoms with Gasteiger partial charge in [-0.25, -0.2) is 0 Å². The molecule has 0 spiro atoms. The van der Waals surface area contributed by atoms with Crippen LogP contribution < -0.4 is 19.5 Å². The maximum atomic E-state index is 12.0. The Kier molecular flexibility index (Phi) is 4.71. The van der Waals surface area contributed by atoms with Gasteiger partial charge in [0.2, 0.25) is 6.79 Å². The lowest BCUT2D eigenvalue weighted by atomic mass is 10.2. The molecule has 0 aromatic heterocycles. The third-order valence-electron chi connectivity index (χ3n) is 2.99. The van der Waals surface area contributed by atoms with E-state index in [1.807, 2.05) is 0 Å². The molecule has 1 amide bonds. The molecule has 2 aromatic carbocycles. The Hall–Kier alpha value is -1.82. The van der Waals surface area contributed by atoms with Crippen molar-refractivity contribution in [3.8, 4) is 17.2 Å². The van der Waals surface area contributed by atoms with E-state index >= 15 is 0 Å². The van der Waals surface area contributed by atoms with Crippen LogP contribution in [0.5, 0.6) is 17.2 Å². The van der Waals surface area contributed by atoms with Gasteiger partial charge in [0.1, 0.15) is 5.75 Å². The zero-order valence-electron chi connectivity index (χ0n) is 11.6. The van der Waals surface area contributed by atoms with E-state index in [0.29, 0.717) is 38.0 Å². The lowest BCUT2D eigenvalue weighted by Gasteiger charge is -2.10. The number of benzene rings is 2. The molecule has 2 aromatic rings. The molecule has 0 unspecified atom stereocenters. The highest BCUT2D eigenvalue weighted by Crippen LogP contribution is 2.39. The van der Waals surface area contributed by atoms with Crippen LogP contribution in [-0.2, 0) is 4.79 Å². The Balaban J connectivity index is 1.63. The molecule has 0 saturated carbocycles. The van der Waals surface area contributed by atoms with Crippen molar-refractivity contribution in [2.24, 2.45) is 0 Å². The van der Waals surface area contributed by atoms with E-state index in [-0.39, 0.29) is 13.4 Å². The minimum Gasteiger partial charge on any atom is -0.482 e. The Morgan fingerprint density at radius 1 is 1.09 bits per heavy atom. The monoisotopic (exact) mass is 373 g/mol. The summed E-state index contributed by atoms with van der Waals surface area (Å²) in [4.78, 5) is 12.0. The summed E-state index contributed by atoms with van der Waals surface area (Å²) in [5, 5.41) is 3.79. The number of anilines is 1. The minimum absolute atomic E-state index is 0.126. The average Bonchev–Trinajstić information content (AvgIpc) is 2.93. The number of hydrogen-bond acceptors (Lipinski definition) is 4. The van der Waals surface area contributed by atoms with Crippen LogP contribution in [0.25, 0.3) is 0 Å². The molecule has 3 rings (SSSR count). The van der Waals surface area contributed by atoms with Crippen molar-refractivity contribution >= 4 is 46.4 Å². The number of nitrogens with one attached hydrogen (secondary N) is 1. The lowest BCUT2D eigenvalue weighted by Crippen LogP contribution is -2.20. The van der Waals surface area contributed by atoms with Crippen LogP contribution in [0, 0.1) is 0 Å². The highest BCUT2D eigenvalue weighted by molar-refractivity contribution is 6.35. The average molecular weight is 375 g/mol. The Labute approximate surface area is 147 Å². The molecule has 1 N–H and O–H groups in total. The number of ether oxygens (including phenoxy) is 3. The first-order valence-corrected chi connectivity index (χ1v) is 7.63. The van der Waals surface area contributed by atoms with Gasteiger partial charge in [0.05, 0.1) is 15.7 Å². The summed E-state index contributed by atoms with van der Waals surface area (Å²) in [7, 11) is 0. The highest BCUT2D eigenvalue weighted by atomic mass is 35.5. The fraction of sp³-hybridized carbons (Fsp3) is 0.133. The van der Waals surface area contributed by atoms with Gasteiger partial charge < -0.3 is 19.5 Å². The molecule has 0 aliphatic carbocycles. The molecule has 0 saturated heterocycles. The van der Waals surface area contributed by atoms with Gasteiger partial charge in [0.25, 0.3) is 5.91 Å². The molecule has 0 fully saturated rings. The van der Waals surface area contributed by atoms with E-state index in [1.165, 1.54) is 6.07 Å². The predicted molar refractivity (Wildman–Crippen MR) is 88.2 cm³/mol. The second-order valence-electron chi connectivity index (χ2n) is 4.60. The van der Waals surface area contributed by atoms with Crippen LogP contribution in [-0.4, -0.2) is 19.3 Å². The van der Waals surface area contributed by atoms with Crippen LogP contribution in [0.4, 0.5) is 5.69 Å². The first kappa shape index (κ1) is 16.1. The summed E-state index contributed by atoms with van der Waals surface area (Å²) in [5.41, 5.74) is 0.409. The van der Waals surface area contributed by atoms with Gasteiger partial charge in [-0.3, -0.25) is 4.79 Å². The molecule has 1 aliphatic heterocycles. The van der Waals surface area contributed by atoms with Crippen molar-refractivity contribution in [3.05, 3.63) is 45.4 Å². The normalized spacial score (nSPS) is 12.1. The second-order valence-corrected chi connectivity index (χ2v) is 5.85. The lowest BCUT2D eigenvalue weighted by molar-refractivity contribution is -0.118. The van der Waals surface area contributed by atoms with Crippen molar-refractivity contribution < 1.29 is 19.0 Å². The van der Waals surface area contributed by atoms with Crippen LogP contribution in [0.3, 0.4) is 0 Å². The summed E-state index contributed by atoms with van der Waals surface area (Å²) in [5.74, 6) is 1.03. The van der Waals surface area contributed by atoms with E-state index in [4.69, 9.17) is 49.0 Å². The standard InChI is InChI=1S/C15H10Cl3NO4/c16-8-1-2-12(10(18)3-8)21-6-15(20)19-11-5-14-13(4-9(11)17)22-7-23-14/h1-5H,6-7H2,(H,19,20). The van der Waals surface area contributed by atoms with E-state index in [1.54, 1.807) is 24.3 Å². The van der Waals surface area contributed by atoms with Gasteiger partial charge in [-0.1, -0.05) is 34.8 Å². The molecule has 23 heavy (non-hydrogen) atoms. The van der Waals surface area contributed by atoms with Gasteiger partial charge in [0, 0.05) is 17.2 Å². The van der Waals surface area contributed by atoms with Gasteiger partial charge in [-0.15, -0.1) is 0 Å². The van der Waals surface area contributed by atoms with Crippen molar-refractivity contribution in [2.45, 2.75) is 0 Å². The van der Waals surface area contributed by atoms with E-state index in [9.17, 15) is 4.79 Å². The Morgan fingerprint density at radius 2 is 1.83 bits per heavy atom. The smallest absolute Gasteiger partial charge is 0.262 e. The zero-order chi connectivity index (χ0) is 16.4. The van der Waals surface area contributed by atoms with E-state index in [2.05, 4.69) is 5.32 Å². The first-order valence-electron chi connectivity index (χ1n) is 6.50. The molecule has 120 valence electrons. The van der Waals surface area contributed by atoms with Crippen LogP contribution in [0.1, 0.15) is 0 Å². The van der Waals surface area contributed by atoms with Crippen molar-refractivity contribution in [3.63, 3.8) is 0 Å². The number of carbonyl (C=O) groups is 1. The fourth-order valence-electron chi connectivity index (χ4n) is 1.93. The summed E-state index contributed by atoms with van der Waals surface area (Å²) in [6.07, 6.45) is 0. The van der Waals surface area contributed by atoms with E-state index < -0.39 is 5.91 Å². The number of carbonyl (C=O) groups excluding carboxylic acids is 1. The summed E-state index contributed by atoms with van der Waals surface area (Å²) in [6.45, 7) is -0.104. The molecular formula is C15H10Cl3NO4. The Morgan fingerprint density at radius 3 is 2.57 bits per heavy atom. The topological polar surface area (TPSA) is 56.8 Å². The zero-order valence-corrected chi connectivity index (χ0v) is 13.8. The third kappa shape index (κ3) is 3.75. The van der Waals surface area contributed by atoms with Crippen LogP contribution >= 0.6 is 34.8 Å². The van der Waals surface area contributed by atoms with Crippen LogP contribution in [0.2, 0.25) is 15.1 Å². The maximum Gasteiger partial charge on any atom is 0.262 e. The number of hydrogen-bond donors (Lipinski definition) is 1. The van der Waals surface area contributed by atoms with Gasteiger partial charge in [0.15, 0.2) is 18.1 Å². The van der Waals surface area contributed by atoms with Crippen molar-refractivity contribution in [1.29, 1.82) is 0 Å². The summed E-state index contributed by atoms with van der Waals surface area (Å²) < 4.78 is 15.8. The summed E-state index contributed by atoms with van der Waals surface area (Å²) >= 11 is 17.8. The number of fused-ring (bicyclic) bond motifs is 1. The molecule has 8 heteroatoms. The molecule has 1 aliphatic rings. The van der Waals surface area contributed by atoms with E-state index in [0.717, 1.165) is 0 Å². The second kappa shape index (κ2) is 6.74. The third-order valence-corrected chi connectivity index (χ3v) is 3.83. The summed E-state index contributed by atoms with van der Waals surface area (Å²) in [6, 6.07) is 7.92. The predicted octanol–water partition coefficient (Wildman–Crippen LogP) is 4.39. The molecule has 0 bridgehead atoms. The Bertz CT molecular complexity index is 767. The quantitative estimate of drug-likeness (QED) is 0.862. The van der Waals surface area contributed by atoms with Gasteiger partial charge in [-0.05, 0) is 18.2 Å². The molecule has 0 atom stereocenters. The largest absolute Gasteiger partial charge is 0.482 e. The molecule has 1 heterocycles. The van der Waals surface area contributed by atoms with Crippen LogP contribution in [0.15, 0.2) is 30.3 Å². The highest BCUT2D eigenvalue weighted by Gasteiger charge is 2.18. The SMILES string of the molecule is O=C(COc1ccc(Cl)cc1Cl)Nc1cc2c(cc1Cl)OCO2. The van der Waals surface area contributed by atoms with Crippen molar-refractivity contribution in [2.75, 3.05) is 18.7 Å². The maximum absolute atomic E-state index is 12.0. The molecular weight excluding hydrogens is 365 g/mol. The van der Waals surface area contributed by atoms with Gasteiger partial charge >= 0.3 is 0 Å². The minimum atomic E-state index is -0.392. The van der Waals surface area contributed by atoms with Gasteiger partial charge in [-0.2, -0.15) is 0 Å². The molecule has 5 nitrogen and oxygen atoms in total. The number of rotatable bonds is 4. The van der Waals surface area contributed by atoms with Crippen molar-refractivity contribution in [1.82, 2.24) is 0 Å². The fourth-order valence-corrected chi connectivity index (χ4v) is 2.60. The first-order chi connectivity index (χ1) is 11.0. The number of amides is 1. The molecule has 0 radical (unpaired) electrons. The number of halogens is 3.